The van der Waals surface area contributed by atoms with Crippen LogP contribution in [-0.4, -0.2) is 37.6 Å². The van der Waals surface area contributed by atoms with Gasteiger partial charge in [0.25, 0.3) is 0 Å². The molecule has 1 aromatic heterocycles. The van der Waals surface area contributed by atoms with E-state index >= 15 is 0 Å². The van der Waals surface area contributed by atoms with Crippen LogP contribution in [0.25, 0.3) is 0 Å². The topological polar surface area (TPSA) is 52.6 Å². The minimum Gasteiger partial charge on any atom is -0.356 e. The van der Waals surface area contributed by atoms with Crippen molar-refractivity contribution < 1.29 is 0 Å². The Balaban J connectivity index is 0.00000261. The Bertz CT molecular complexity index is 739. The molecule has 0 saturated carbocycles. The van der Waals surface area contributed by atoms with E-state index in [0.29, 0.717) is 0 Å². The minimum atomic E-state index is 0. The Morgan fingerprint density at radius 3 is 2.74 bits per heavy atom. The zero-order valence-electron chi connectivity index (χ0n) is 16.4. The van der Waals surface area contributed by atoms with E-state index in [9.17, 15) is 0 Å². The average molecular weight is 499 g/mol. The van der Waals surface area contributed by atoms with Gasteiger partial charge in [0.05, 0.1) is 11.7 Å². The first-order valence-electron chi connectivity index (χ1n) is 9.39. The minimum absolute atomic E-state index is 0. The van der Waals surface area contributed by atoms with Crippen molar-refractivity contribution in [3.8, 4) is 0 Å². The maximum atomic E-state index is 4.78. The number of aliphatic imine (C=N–C) groups is 1. The molecule has 1 saturated heterocycles. The molecule has 0 spiro atoms. The van der Waals surface area contributed by atoms with Gasteiger partial charge in [0.2, 0.25) is 0 Å². The van der Waals surface area contributed by atoms with Crippen molar-refractivity contribution in [2.75, 3.05) is 31.6 Å². The molecular formula is C20H30IN5S. The van der Waals surface area contributed by atoms with Crippen LogP contribution in [0.2, 0.25) is 0 Å². The van der Waals surface area contributed by atoms with Crippen molar-refractivity contribution in [1.82, 2.24) is 15.6 Å². The molecule has 5 nitrogen and oxygen atoms in total. The lowest BCUT2D eigenvalue weighted by molar-refractivity contribution is 0.679. The molecule has 0 aliphatic carbocycles. The van der Waals surface area contributed by atoms with Gasteiger partial charge in [0.15, 0.2) is 11.1 Å². The molecule has 1 aromatic carbocycles. The van der Waals surface area contributed by atoms with Gasteiger partial charge >= 0.3 is 0 Å². The van der Waals surface area contributed by atoms with Gasteiger partial charge in [-0.1, -0.05) is 24.3 Å². The summed E-state index contributed by atoms with van der Waals surface area (Å²) < 4.78 is 0. The summed E-state index contributed by atoms with van der Waals surface area (Å²) in [5, 5.41) is 10.2. The van der Waals surface area contributed by atoms with Gasteiger partial charge < -0.3 is 15.5 Å². The van der Waals surface area contributed by atoms with Crippen LogP contribution in [0.1, 0.15) is 42.6 Å². The molecule has 148 valence electrons. The predicted molar refractivity (Wildman–Crippen MR) is 127 cm³/mol. The Labute approximate surface area is 183 Å². The van der Waals surface area contributed by atoms with Gasteiger partial charge in [-0.15, -0.1) is 35.3 Å². The van der Waals surface area contributed by atoms with Crippen molar-refractivity contribution >= 4 is 46.4 Å². The van der Waals surface area contributed by atoms with Crippen molar-refractivity contribution in [2.45, 2.75) is 39.2 Å². The highest BCUT2D eigenvalue weighted by Gasteiger charge is 2.15. The van der Waals surface area contributed by atoms with Crippen molar-refractivity contribution in [2.24, 2.45) is 4.99 Å². The summed E-state index contributed by atoms with van der Waals surface area (Å²) >= 11 is 1.76. The number of nitrogens with one attached hydrogen (secondary N) is 2. The number of nitrogens with zero attached hydrogens (tertiary/aromatic N) is 3. The third-order valence-electron chi connectivity index (χ3n) is 4.82. The summed E-state index contributed by atoms with van der Waals surface area (Å²) in [5.74, 6) is 0.829. The second-order valence-corrected chi connectivity index (χ2v) is 7.62. The van der Waals surface area contributed by atoms with Gasteiger partial charge in [0.1, 0.15) is 0 Å². The highest BCUT2D eigenvalue weighted by Crippen LogP contribution is 2.24. The second kappa shape index (κ2) is 10.8. The van der Waals surface area contributed by atoms with Crippen LogP contribution in [0.15, 0.2) is 34.6 Å². The molecule has 1 aliphatic rings. The number of aryl methyl sites for hydroxylation is 1. The summed E-state index contributed by atoms with van der Waals surface area (Å²) in [5.41, 5.74) is 3.75. The summed E-state index contributed by atoms with van der Waals surface area (Å²) in [4.78, 5) is 11.5. The van der Waals surface area contributed by atoms with Crippen LogP contribution in [0.4, 0.5) is 5.13 Å². The number of benzene rings is 1. The van der Waals surface area contributed by atoms with Crippen LogP contribution in [0.3, 0.4) is 0 Å². The summed E-state index contributed by atoms with van der Waals surface area (Å²) in [6, 6.07) is 8.67. The SMILES string of the molecule is CN=C(NCCc1csc(N2CCCC2)n1)NC(C)c1ccccc1C.I. The number of hydrogen-bond donors (Lipinski definition) is 2. The number of anilines is 1. The first-order valence-corrected chi connectivity index (χ1v) is 10.3. The number of aromatic nitrogens is 1. The molecule has 1 unspecified atom stereocenters. The Morgan fingerprint density at radius 2 is 2.04 bits per heavy atom. The van der Waals surface area contributed by atoms with Gasteiger partial charge in [-0.05, 0) is 37.8 Å². The molecule has 1 atom stereocenters. The van der Waals surface area contributed by atoms with E-state index in [2.05, 4.69) is 64.0 Å². The molecule has 3 rings (SSSR count). The molecule has 2 N–H and O–H groups in total. The van der Waals surface area contributed by atoms with E-state index in [1.165, 1.54) is 29.1 Å². The standard InChI is InChI=1S/C20H29N5S.HI/c1-15-8-4-5-9-18(15)16(2)23-19(21-3)22-11-10-17-14-26-20(24-17)25-12-6-7-13-25;/h4-5,8-9,14,16H,6-7,10-13H2,1-3H3,(H2,21,22,23);1H. The average Bonchev–Trinajstić information content (AvgIpc) is 3.32. The summed E-state index contributed by atoms with van der Waals surface area (Å²) in [6.45, 7) is 7.43. The number of guanidine groups is 1. The van der Waals surface area contributed by atoms with Crippen LogP contribution >= 0.6 is 35.3 Å². The van der Waals surface area contributed by atoms with Gasteiger partial charge in [-0.25, -0.2) is 4.98 Å². The largest absolute Gasteiger partial charge is 0.356 e. The molecule has 27 heavy (non-hydrogen) atoms. The molecule has 0 bridgehead atoms. The lowest BCUT2D eigenvalue weighted by atomic mass is 10.0. The van der Waals surface area contributed by atoms with Crippen molar-refractivity contribution in [3.63, 3.8) is 0 Å². The fourth-order valence-corrected chi connectivity index (χ4v) is 4.24. The van der Waals surface area contributed by atoms with Crippen LogP contribution in [-0.2, 0) is 6.42 Å². The highest BCUT2D eigenvalue weighted by molar-refractivity contribution is 14.0. The zero-order chi connectivity index (χ0) is 18.4. The van der Waals surface area contributed by atoms with Gasteiger partial charge in [-0.3, -0.25) is 4.99 Å². The van der Waals surface area contributed by atoms with E-state index in [1.54, 1.807) is 11.3 Å². The third kappa shape index (κ3) is 6.07. The third-order valence-corrected chi connectivity index (χ3v) is 5.77. The van der Waals surface area contributed by atoms with E-state index in [0.717, 1.165) is 37.7 Å². The molecule has 1 aliphatic heterocycles. The predicted octanol–water partition coefficient (Wildman–Crippen LogP) is 4.14. The molecule has 2 heterocycles. The quantitative estimate of drug-likeness (QED) is 0.357. The second-order valence-electron chi connectivity index (χ2n) is 6.79. The number of hydrogen-bond acceptors (Lipinski definition) is 4. The Morgan fingerprint density at radius 1 is 1.30 bits per heavy atom. The van der Waals surface area contributed by atoms with E-state index in [-0.39, 0.29) is 30.0 Å². The molecule has 0 amide bonds. The maximum Gasteiger partial charge on any atom is 0.191 e. The molecule has 1 fully saturated rings. The molecular weight excluding hydrogens is 469 g/mol. The molecule has 7 heteroatoms. The van der Waals surface area contributed by atoms with Gasteiger partial charge in [0, 0.05) is 38.5 Å². The number of halogens is 1. The normalized spacial score (nSPS) is 15.4. The number of thiazole rings is 1. The first kappa shape index (κ1) is 21.9. The fraction of sp³-hybridized carbons (Fsp3) is 0.500. The highest BCUT2D eigenvalue weighted by atomic mass is 127. The first-order chi connectivity index (χ1) is 12.7. The lowest BCUT2D eigenvalue weighted by Crippen LogP contribution is -2.39. The van der Waals surface area contributed by atoms with Crippen LogP contribution in [0, 0.1) is 6.92 Å². The fourth-order valence-electron chi connectivity index (χ4n) is 3.32. The Hall–Kier alpha value is -1.35. The van der Waals surface area contributed by atoms with E-state index < -0.39 is 0 Å². The number of rotatable bonds is 6. The summed E-state index contributed by atoms with van der Waals surface area (Å²) in [6.07, 6.45) is 3.48. The van der Waals surface area contributed by atoms with Gasteiger partial charge in [-0.2, -0.15) is 0 Å². The van der Waals surface area contributed by atoms with Crippen LogP contribution in [0.5, 0.6) is 0 Å². The van der Waals surface area contributed by atoms with Crippen LogP contribution < -0.4 is 15.5 Å². The zero-order valence-corrected chi connectivity index (χ0v) is 19.5. The monoisotopic (exact) mass is 499 g/mol. The molecule has 0 radical (unpaired) electrons. The summed E-state index contributed by atoms with van der Waals surface area (Å²) in [7, 11) is 1.81. The van der Waals surface area contributed by atoms with Crippen molar-refractivity contribution in [3.05, 3.63) is 46.5 Å². The Kier molecular flexibility index (Phi) is 8.82. The molecule has 2 aromatic rings. The maximum absolute atomic E-state index is 4.78. The van der Waals surface area contributed by atoms with E-state index in [4.69, 9.17) is 4.98 Å². The van der Waals surface area contributed by atoms with E-state index in [1.807, 2.05) is 7.05 Å². The smallest absolute Gasteiger partial charge is 0.191 e. The lowest BCUT2D eigenvalue weighted by Gasteiger charge is -2.19. The van der Waals surface area contributed by atoms with Crippen molar-refractivity contribution in [1.29, 1.82) is 0 Å².